The van der Waals surface area contributed by atoms with Crippen molar-refractivity contribution in [1.29, 1.82) is 0 Å². The molecule has 0 radical (unpaired) electrons. The third-order valence-corrected chi connectivity index (χ3v) is 12.0. The van der Waals surface area contributed by atoms with E-state index in [9.17, 15) is 0 Å². The van der Waals surface area contributed by atoms with E-state index in [1.54, 1.807) is 0 Å². The minimum absolute atomic E-state index is 0. The Kier molecular flexibility index (Phi) is 21.7. The molecule has 0 saturated carbocycles. The zero-order chi connectivity index (χ0) is 47.1. The number of nitrogens with zero attached hydrogens (tertiary/aromatic N) is 9. The van der Waals surface area contributed by atoms with Crippen LogP contribution in [0.3, 0.4) is 0 Å². The van der Waals surface area contributed by atoms with E-state index in [1.165, 1.54) is 49.4 Å². The van der Waals surface area contributed by atoms with E-state index in [1.807, 2.05) is 60.7 Å². The standard InChI is InChI=1S/C28H22Br2.C28H22N6.N3.Na/c29-19-21-11-15-25(16-12-21)27(23-7-3-1-4-8-23)28(24-9-5-2-6-10-24)26-17-13-22(20-30)14-18-26;29-33-31-19-21-11-15-25(16-12-21)27(23-7-3-1-4-8-23)28(24-9-5-2-6-10-24)26-17-13-22(14-18-26)20-32-34-30;1-3-2;/h1-18H,19-20H2;1-18H,19-20H2;;/q;;-1;+1/b2*28-27+;;. The number of benzene rings is 8. The van der Waals surface area contributed by atoms with Crippen molar-refractivity contribution < 1.29 is 29.6 Å². The third kappa shape index (κ3) is 14.6. The maximum atomic E-state index is 8.64. The Hall–Kier alpha value is -6.87. The van der Waals surface area contributed by atoms with Crippen LogP contribution in [0.5, 0.6) is 0 Å². The number of hydrogen-bond donors (Lipinski definition) is 0. The van der Waals surface area contributed by atoms with E-state index >= 15 is 0 Å². The largest absolute Gasteiger partial charge is 1.00 e. The number of rotatable bonds is 14. The fourth-order valence-electron chi connectivity index (χ4n) is 7.54. The van der Waals surface area contributed by atoms with Crippen molar-refractivity contribution in [2.75, 3.05) is 0 Å². The summed E-state index contributed by atoms with van der Waals surface area (Å²) in [5.41, 5.74) is 49.1. The molecule has 0 aliphatic heterocycles. The summed E-state index contributed by atoms with van der Waals surface area (Å²) in [5.74, 6) is 0. The SMILES string of the molecule is BrCc1ccc(/C(=C(\c2ccccc2)c2ccc(CBr)cc2)c2ccccc2)cc1.[N-]=[N+]=NCc1ccc(/C(=C(\c2ccccc2)c2ccc(CN=[N+]=[N-])cc2)c2ccccc2)cc1.[N-]=[N+]=[N-].[Na+]. The zero-order valence-electron chi connectivity index (χ0n) is 37.4. The van der Waals surface area contributed by atoms with Crippen LogP contribution < -0.4 is 29.6 Å². The van der Waals surface area contributed by atoms with Gasteiger partial charge in [0.1, 0.15) is 0 Å². The zero-order valence-corrected chi connectivity index (χ0v) is 42.6. The minimum atomic E-state index is 0. The second-order valence-electron chi connectivity index (χ2n) is 14.9. The molecule has 0 spiro atoms. The molecule has 0 aliphatic carbocycles. The van der Waals surface area contributed by atoms with Gasteiger partial charge in [-0.2, -0.15) is 0 Å². The topological polar surface area (TPSA) is 156 Å². The van der Waals surface area contributed by atoms with E-state index in [2.05, 4.69) is 210 Å². The van der Waals surface area contributed by atoms with E-state index in [0.29, 0.717) is 13.1 Å². The molecule has 0 aromatic heterocycles. The Morgan fingerprint density at radius 3 is 0.691 bits per heavy atom. The molecule has 8 rings (SSSR count). The quantitative estimate of drug-likeness (QED) is 0.0254. The number of alkyl halides is 2. The average Bonchev–Trinajstić information content (AvgIpc) is 3.40. The molecule has 0 atom stereocenters. The van der Waals surface area contributed by atoms with Gasteiger partial charge in [0.25, 0.3) is 0 Å². The van der Waals surface area contributed by atoms with E-state index in [0.717, 1.165) is 55.2 Å². The van der Waals surface area contributed by atoms with E-state index < -0.39 is 0 Å². The molecule has 9 nitrogen and oxygen atoms in total. The second kappa shape index (κ2) is 28.3. The van der Waals surface area contributed by atoms with Gasteiger partial charge >= 0.3 is 29.6 Å². The van der Waals surface area contributed by atoms with Crippen LogP contribution in [0.4, 0.5) is 0 Å². The Labute approximate surface area is 436 Å². The first-order valence-corrected chi connectivity index (χ1v) is 23.5. The summed E-state index contributed by atoms with van der Waals surface area (Å²) >= 11 is 7.13. The predicted octanol–water partition coefficient (Wildman–Crippen LogP) is 14.7. The van der Waals surface area contributed by atoms with Crippen molar-refractivity contribution in [1.82, 2.24) is 0 Å². The van der Waals surface area contributed by atoms with Crippen LogP contribution in [0.2, 0.25) is 0 Å². The fraction of sp³-hybridized carbons (Fsp3) is 0.0714. The van der Waals surface area contributed by atoms with Crippen LogP contribution in [0, 0.1) is 0 Å². The number of hydrogen-bond acceptors (Lipinski definition) is 2. The van der Waals surface area contributed by atoms with E-state index in [4.69, 9.17) is 22.1 Å². The summed E-state index contributed by atoms with van der Waals surface area (Å²) in [5, 5.41) is 9.06. The summed E-state index contributed by atoms with van der Waals surface area (Å²) in [4.78, 5) is 7.22. The molecule has 0 fully saturated rings. The molecular formula is C56H44Br2N9Na. The first-order chi connectivity index (χ1) is 33.0. The van der Waals surface area contributed by atoms with Crippen LogP contribution in [-0.4, -0.2) is 0 Å². The first-order valence-electron chi connectivity index (χ1n) is 21.2. The molecule has 8 aromatic rings. The van der Waals surface area contributed by atoms with Gasteiger partial charge in [-0.15, -0.1) is 0 Å². The maximum absolute atomic E-state index is 8.64. The van der Waals surface area contributed by atoms with Crippen LogP contribution in [0.15, 0.2) is 229 Å². The average molecular weight is 1030 g/mol. The van der Waals surface area contributed by atoms with Crippen LogP contribution in [0.1, 0.15) is 66.8 Å². The third-order valence-electron chi connectivity index (χ3n) is 10.7. The molecule has 8 aromatic carbocycles. The van der Waals surface area contributed by atoms with Gasteiger partial charge < -0.3 is 11.1 Å². The molecular weight excluding hydrogens is 981 g/mol. The Morgan fingerprint density at radius 1 is 0.309 bits per heavy atom. The Balaban J connectivity index is 0.000000238. The molecule has 68 heavy (non-hydrogen) atoms. The van der Waals surface area contributed by atoms with Gasteiger partial charge in [0.15, 0.2) is 0 Å². The van der Waals surface area contributed by atoms with Crippen molar-refractivity contribution in [2.45, 2.75) is 23.7 Å². The van der Waals surface area contributed by atoms with E-state index in [-0.39, 0.29) is 29.6 Å². The molecule has 0 saturated heterocycles. The van der Waals surface area contributed by atoms with Gasteiger partial charge in [0.05, 0.1) is 13.1 Å². The molecule has 0 N–H and O–H groups in total. The monoisotopic (exact) mass is 1020 g/mol. The van der Waals surface area contributed by atoms with Crippen LogP contribution >= 0.6 is 31.9 Å². The van der Waals surface area contributed by atoms with Crippen LogP contribution in [-0.2, 0) is 23.7 Å². The minimum Gasteiger partial charge on any atom is -0.373 e. The summed E-state index contributed by atoms with van der Waals surface area (Å²) in [6.45, 7) is 0.638. The summed E-state index contributed by atoms with van der Waals surface area (Å²) in [6, 6.07) is 76.0. The molecule has 0 amide bonds. The molecule has 0 bridgehead atoms. The summed E-state index contributed by atoms with van der Waals surface area (Å²) < 4.78 is 0. The predicted molar refractivity (Wildman–Crippen MR) is 283 cm³/mol. The molecule has 328 valence electrons. The molecule has 0 heterocycles. The summed E-state index contributed by atoms with van der Waals surface area (Å²) in [7, 11) is 0. The molecule has 0 aliphatic rings. The van der Waals surface area contributed by atoms with Gasteiger partial charge in [-0.3, -0.25) is 4.91 Å². The van der Waals surface area contributed by atoms with Gasteiger partial charge in [-0.25, -0.2) is 0 Å². The maximum Gasteiger partial charge on any atom is 1.00 e. The van der Waals surface area contributed by atoms with Gasteiger partial charge in [0, 0.05) is 20.5 Å². The Bertz CT molecular complexity index is 2800. The summed E-state index contributed by atoms with van der Waals surface area (Å²) in [6.07, 6.45) is 0. The number of halogens is 2. The Morgan fingerprint density at radius 2 is 0.500 bits per heavy atom. The van der Waals surface area contributed by atoms with Crippen molar-refractivity contribution in [3.8, 4) is 0 Å². The van der Waals surface area contributed by atoms with Crippen molar-refractivity contribution >= 4 is 54.2 Å². The first kappa shape index (κ1) is 52.1. The van der Waals surface area contributed by atoms with Gasteiger partial charge in [-0.05, 0) is 100 Å². The fourth-order valence-corrected chi connectivity index (χ4v) is 8.29. The second-order valence-corrected chi connectivity index (χ2v) is 16.0. The number of azide groups is 2. The van der Waals surface area contributed by atoms with Gasteiger partial charge in [0.2, 0.25) is 0 Å². The van der Waals surface area contributed by atoms with Crippen molar-refractivity contribution in [3.63, 3.8) is 0 Å². The normalized spacial score (nSPS) is 10.9. The molecule has 0 unspecified atom stereocenters. The van der Waals surface area contributed by atoms with Crippen LogP contribution in [0.25, 0.3) is 59.2 Å². The van der Waals surface area contributed by atoms with Gasteiger partial charge in [-0.1, -0.05) is 260 Å². The van der Waals surface area contributed by atoms with Crippen molar-refractivity contribution in [2.24, 2.45) is 10.2 Å². The smallest absolute Gasteiger partial charge is 0.373 e. The molecule has 12 heteroatoms. The van der Waals surface area contributed by atoms with Crippen molar-refractivity contribution in [3.05, 3.63) is 322 Å².